The monoisotopic (exact) mass is 475 g/mol. The van der Waals surface area contributed by atoms with Gasteiger partial charge in [-0.2, -0.15) is 5.11 Å². The summed E-state index contributed by atoms with van der Waals surface area (Å²) in [5.41, 5.74) is 1.45. The number of nitrogens with zero attached hydrogens (tertiary/aromatic N) is 3. The van der Waals surface area contributed by atoms with Gasteiger partial charge in [0.05, 0.1) is 22.4 Å². The van der Waals surface area contributed by atoms with Crippen molar-refractivity contribution >= 4 is 57.1 Å². The minimum Gasteiger partial charge on any atom is -0.507 e. The number of rotatable bonds is 6. The molecule has 0 spiro atoms. The Labute approximate surface area is 199 Å². The Bertz CT molecular complexity index is 1340. The molecule has 3 aromatic carbocycles. The summed E-state index contributed by atoms with van der Waals surface area (Å²) in [6.07, 6.45) is 1.04. The summed E-state index contributed by atoms with van der Waals surface area (Å²) < 4.78 is 5.01. The molecule has 1 N–H and O–H groups in total. The molecule has 1 aliphatic heterocycles. The van der Waals surface area contributed by atoms with Crippen LogP contribution in [0.2, 0.25) is 0 Å². The molecule has 1 aliphatic rings. The molecule has 2 amide bonds. The van der Waals surface area contributed by atoms with E-state index in [1.807, 2.05) is 42.5 Å². The number of azo groups is 1. The lowest BCUT2D eigenvalue weighted by Crippen LogP contribution is -2.35. The zero-order valence-corrected chi connectivity index (χ0v) is 19.3. The number of carbonyl (C=O) groups is 3. The maximum Gasteiger partial charge on any atom is 0.326 e. The number of phenols is 1. The van der Waals surface area contributed by atoms with Gasteiger partial charge in [-0.25, -0.2) is 0 Å². The smallest absolute Gasteiger partial charge is 0.326 e. The highest BCUT2D eigenvalue weighted by Crippen LogP contribution is 2.35. The van der Waals surface area contributed by atoms with E-state index in [1.54, 1.807) is 26.0 Å². The number of ether oxygens (including phenoxy) is 1. The predicted octanol–water partition coefficient (Wildman–Crippen LogP) is 5.95. The van der Waals surface area contributed by atoms with Gasteiger partial charge in [0, 0.05) is 10.9 Å². The standard InChI is InChI=1S/C25H21N3O5S/c1-15(2)33-23(30)14-28-24(31)22(34-25(28)32)13-17-12-18(10-11-21(17)29)26-27-20-9-5-7-16-6-3-4-8-19(16)20/h3-13,15,29H,14H2,1-2H3/b22-13-,27-26?. The van der Waals surface area contributed by atoms with Gasteiger partial charge >= 0.3 is 5.97 Å². The quantitative estimate of drug-likeness (QED) is 0.268. The summed E-state index contributed by atoms with van der Waals surface area (Å²) in [6.45, 7) is 2.89. The molecule has 0 aromatic heterocycles. The summed E-state index contributed by atoms with van der Waals surface area (Å²) in [4.78, 5) is 37.7. The maximum absolute atomic E-state index is 12.7. The molecule has 34 heavy (non-hydrogen) atoms. The molecule has 0 aliphatic carbocycles. The molecule has 1 fully saturated rings. The topological polar surface area (TPSA) is 109 Å². The third-order valence-corrected chi connectivity index (χ3v) is 5.77. The number of phenolic OH excluding ortho intramolecular Hbond substituents is 1. The minimum atomic E-state index is -0.669. The van der Waals surface area contributed by atoms with Gasteiger partial charge < -0.3 is 9.84 Å². The van der Waals surface area contributed by atoms with Gasteiger partial charge in [-0.05, 0) is 61.3 Å². The van der Waals surface area contributed by atoms with E-state index in [0.29, 0.717) is 28.7 Å². The lowest BCUT2D eigenvalue weighted by molar-refractivity contribution is -0.149. The summed E-state index contributed by atoms with van der Waals surface area (Å²) >= 11 is 0.689. The average Bonchev–Trinajstić information content (AvgIpc) is 3.06. The first-order chi connectivity index (χ1) is 16.3. The van der Waals surface area contributed by atoms with E-state index in [0.717, 1.165) is 15.7 Å². The van der Waals surface area contributed by atoms with E-state index in [-0.39, 0.29) is 16.8 Å². The first-order valence-corrected chi connectivity index (χ1v) is 11.3. The lowest BCUT2D eigenvalue weighted by atomic mass is 10.1. The largest absolute Gasteiger partial charge is 0.507 e. The van der Waals surface area contributed by atoms with Crippen LogP contribution in [-0.4, -0.2) is 39.8 Å². The highest BCUT2D eigenvalue weighted by molar-refractivity contribution is 8.18. The molecule has 0 saturated carbocycles. The normalized spacial score (nSPS) is 15.3. The Balaban J connectivity index is 1.56. The van der Waals surface area contributed by atoms with Gasteiger partial charge in [-0.3, -0.25) is 19.3 Å². The molecule has 172 valence electrons. The molecular formula is C25H21N3O5S. The van der Waals surface area contributed by atoms with Crippen molar-refractivity contribution < 1.29 is 24.2 Å². The lowest BCUT2D eigenvalue weighted by Gasteiger charge is -2.13. The third-order valence-electron chi connectivity index (χ3n) is 4.87. The summed E-state index contributed by atoms with van der Waals surface area (Å²) in [7, 11) is 0. The fourth-order valence-electron chi connectivity index (χ4n) is 3.33. The van der Waals surface area contributed by atoms with Crippen LogP contribution in [0.1, 0.15) is 19.4 Å². The fourth-order valence-corrected chi connectivity index (χ4v) is 4.16. The van der Waals surface area contributed by atoms with E-state index >= 15 is 0 Å². The zero-order chi connectivity index (χ0) is 24.2. The van der Waals surface area contributed by atoms with E-state index in [9.17, 15) is 19.5 Å². The Kier molecular flexibility index (Phi) is 6.74. The zero-order valence-electron chi connectivity index (χ0n) is 18.5. The van der Waals surface area contributed by atoms with Crippen molar-refractivity contribution in [3.63, 3.8) is 0 Å². The van der Waals surface area contributed by atoms with Gasteiger partial charge in [0.15, 0.2) is 0 Å². The van der Waals surface area contributed by atoms with Crippen molar-refractivity contribution in [2.75, 3.05) is 6.54 Å². The number of imide groups is 1. The number of amides is 2. The SMILES string of the molecule is CC(C)OC(=O)CN1C(=O)S/C(=C\c2cc(N=Nc3cccc4ccccc34)ccc2O)C1=O. The molecule has 1 saturated heterocycles. The van der Waals surface area contributed by atoms with E-state index in [1.165, 1.54) is 12.1 Å². The molecule has 8 nitrogen and oxygen atoms in total. The highest BCUT2D eigenvalue weighted by atomic mass is 32.2. The van der Waals surface area contributed by atoms with E-state index in [4.69, 9.17) is 4.74 Å². The van der Waals surface area contributed by atoms with Gasteiger partial charge in [-0.1, -0.05) is 36.4 Å². The minimum absolute atomic E-state index is 0.0841. The number of thioether (sulfide) groups is 1. The van der Waals surface area contributed by atoms with Gasteiger partial charge in [-0.15, -0.1) is 5.11 Å². The molecule has 9 heteroatoms. The highest BCUT2D eigenvalue weighted by Gasteiger charge is 2.37. The number of hydrogen-bond donors (Lipinski definition) is 1. The molecule has 3 aromatic rings. The molecular weight excluding hydrogens is 454 g/mol. The van der Waals surface area contributed by atoms with Crippen molar-refractivity contribution in [3.8, 4) is 5.75 Å². The van der Waals surface area contributed by atoms with Crippen LogP contribution in [0, 0.1) is 0 Å². The van der Waals surface area contributed by atoms with Crippen LogP contribution in [-0.2, 0) is 14.3 Å². The molecule has 4 rings (SSSR count). The number of carbonyl (C=O) groups excluding carboxylic acids is 3. The van der Waals surface area contributed by atoms with Gasteiger partial charge in [0.2, 0.25) is 0 Å². The van der Waals surface area contributed by atoms with Gasteiger partial charge in [0.25, 0.3) is 11.1 Å². The van der Waals surface area contributed by atoms with Crippen LogP contribution >= 0.6 is 11.8 Å². The summed E-state index contributed by atoms with van der Waals surface area (Å²) in [5, 5.41) is 20.3. The fraction of sp³-hybridized carbons (Fsp3) is 0.160. The molecule has 0 unspecified atom stereocenters. The summed E-state index contributed by atoms with van der Waals surface area (Å²) in [6, 6.07) is 18.1. The maximum atomic E-state index is 12.7. The van der Waals surface area contributed by atoms with E-state index in [2.05, 4.69) is 10.2 Å². The molecule has 0 radical (unpaired) electrons. The first-order valence-electron chi connectivity index (χ1n) is 10.5. The third kappa shape index (κ3) is 5.15. The van der Waals surface area contributed by atoms with Crippen LogP contribution in [0.5, 0.6) is 5.75 Å². The second-order valence-corrected chi connectivity index (χ2v) is 8.74. The van der Waals surface area contributed by atoms with Crippen molar-refractivity contribution in [1.29, 1.82) is 0 Å². The van der Waals surface area contributed by atoms with Crippen LogP contribution in [0.15, 0.2) is 75.8 Å². The number of benzene rings is 3. The number of hydrogen-bond acceptors (Lipinski definition) is 8. The molecule has 1 heterocycles. The molecule has 0 bridgehead atoms. The van der Waals surface area contributed by atoms with Crippen LogP contribution in [0.25, 0.3) is 16.8 Å². The molecule has 0 atom stereocenters. The summed E-state index contributed by atoms with van der Waals surface area (Å²) in [5.74, 6) is -1.38. The Morgan fingerprint density at radius 3 is 2.65 bits per heavy atom. The number of esters is 1. The second-order valence-electron chi connectivity index (χ2n) is 7.75. The second kappa shape index (κ2) is 9.88. The van der Waals surface area contributed by atoms with Crippen molar-refractivity contribution in [2.45, 2.75) is 20.0 Å². The van der Waals surface area contributed by atoms with Crippen molar-refractivity contribution in [2.24, 2.45) is 10.2 Å². The van der Waals surface area contributed by atoms with Crippen LogP contribution in [0.3, 0.4) is 0 Å². The van der Waals surface area contributed by atoms with Crippen LogP contribution in [0.4, 0.5) is 16.2 Å². The Hall–Kier alpha value is -3.98. The van der Waals surface area contributed by atoms with Gasteiger partial charge in [0.1, 0.15) is 12.3 Å². The van der Waals surface area contributed by atoms with Crippen molar-refractivity contribution in [1.82, 2.24) is 4.90 Å². The first kappa shape index (κ1) is 23.2. The van der Waals surface area contributed by atoms with Crippen molar-refractivity contribution in [3.05, 3.63) is 71.1 Å². The predicted molar refractivity (Wildman–Crippen MR) is 130 cm³/mol. The number of aromatic hydroxyl groups is 1. The number of fused-ring (bicyclic) bond motifs is 1. The average molecular weight is 476 g/mol. The Morgan fingerprint density at radius 2 is 1.85 bits per heavy atom. The Morgan fingerprint density at radius 1 is 1.09 bits per heavy atom. The van der Waals surface area contributed by atoms with Crippen LogP contribution < -0.4 is 0 Å². The van der Waals surface area contributed by atoms with E-state index < -0.39 is 23.7 Å².